The fourth-order valence-corrected chi connectivity index (χ4v) is 3.32. The van der Waals surface area contributed by atoms with Crippen LogP contribution >= 0.6 is 22.9 Å². The van der Waals surface area contributed by atoms with Crippen LogP contribution in [0.15, 0.2) is 41.8 Å². The van der Waals surface area contributed by atoms with Crippen LogP contribution in [0.5, 0.6) is 0 Å². The van der Waals surface area contributed by atoms with Gasteiger partial charge < -0.3 is 10.2 Å². The molecule has 1 unspecified atom stereocenters. The smallest absolute Gasteiger partial charge is 0.0409 e. The van der Waals surface area contributed by atoms with Crippen molar-refractivity contribution in [3.63, 3.8) is 0 Å². The quantitative estimate of drug-likeness (QED) is 0.782. The second kappa shape index (κ2) is 8.54. The van der Waals surface area contributed by atoms with E-state index in [4.69, 9.17) is 11.6 Å². The van der Waals surface area contributed by atoms with Gasteiger partial charge in [-0.2, -0.15) is 0 Å². The maximum absolute atomic E-state index is 6.08. The van der Waals surface area contributed by atoms with Crippen molar-refractivity contribution in [1.82, 2.24) is 10.2 Å². The number of halogens is 1. The molecule has 0 saturated heterocycles. The minimum Gasteiger partial charge on any atom is -0.313 e. The van der Waals surface area contributed by atoms with Crippen molar-refractivity contribution in [2.75, 3.05) is 27.2 Å². The molecule has 0 aliphatic carbocycles. The van der Waals surface area contributed by atoms with Gasteiger partial charge in [0.2, 0.25) is 0 Å². The van der Waals surface area contributed by atoms with Crippen molar-refractivity contribution in [2.45, 2.75) is 18.9 Å². The Kier molecular flexibility index (Phi) is 6.71. The van der Waals surface area contributed by atoms with Gasteiger partial charge in [-0.3, -0.25) is 0 Å². The largest absolute Gasteiger partial charge is 0.313 e. The number of benzene rings is 1. The van der Waals surface area contributed by atoms with E-state index in [1.54, 1.807) is 0 Å². The highest BCUT2D eigenvalue weighted by Gasteiger charge is 2.10. The first kappa shape index (κ1) is 16.5. The molecule has 0 aliphatic rings. The minimum absolute atomic E-state index is 0.355. The lowest BCUT2D eigenvalue weighted by Gasteiger charge is -2.21. The number of thiophene rings is 1. The van der Waals surface area contributed by atoms with Gasteiger partial charge in [0.1, 0.15) is 0 Å². The van der Waals surface area contributed by atoms with Gasteiger partial charge >= 0.3 is 0 Å². The Morgan fingerprint density at radius 3 is 2.76 bits per heavy atom. The molecular weight excluding hydrogens is 300 g/mol. The third-order valence-corrected chi connectivity index (χ3v) is 4.89. The summed E-state index contributed by atoms with van der Waals surface area (Å²) in [6.07, 6.45) is 2.22. The van der Waals surface area contributed by atoms with Crippen LogP contribution in [0.25, 0.3) is 0 Å². The van der Waals surface area contributed by atoms with E-state index in [2.05, 4.69) is 40.8 Å². The highest BCUT2D eigenvalue weighted by atomic mass is 35.5. The zero-order chi connectivity index (χ0) is 15.1. The molecule has 1 heterocycles. The Morgan fingerprint density at radius 1 is 1.24 bits per heavy atom. The van der Waals surface area contributed by atoms with Crippen LogP contribution in [-0.4, -0.2) is 32.1 Å². The van der Waals surface area contributed by atoms with Crippen LogP contribution in [0.2, 0.25) is 5.02 Å². The molecule has 1 aromatic carbocycles. The predicted molar refractivity (Wildman–Crippen MR) is 93.4 cm³/mol. The molecule has 0 amide bonds. The van der Waals surface area contributed by atoms with Gasteiger partial charge in [-0.05, 0) is 62.6 Å². The first-order chi connectivity index (χ1) is 10.2. The molecule has 0 bridgehead atoms. The number of hydrogen-bond donors (Lipinski definition) is 1. The summed E-state index contributed by atoms with van der Waals surface area (Å²) in [4.78, 5) is 3.86. The van der Waals surface area contributed by atoms with Crippen molar-refractivity contribution in [3.05, 3.63) is 57.2 Å². The van der Waals surface area contributed by atoms with Crippen LogP contribution in [0.3, 0.4) is 0 Å². The Bertz CT molecular complexity index is 527. The molecule has 1 aromatic heterocycles. The molecule has 0 radical (unpaired) electrons. The van der Waals surface area contributed by atoms with E-state index in [9.17, 15) is 0 Å². The Morgan fingerprint density at radius 2 is 2.10 bits per heavy atom. The van der Waals surface area contributed by atoms with Crippen molar-refractivity contribution in [3.8, 4) is 0 Å². The predicted octanol–water partition coefficient (Wildman–Crippen LogP) is 4.23. The van der Waals surface area contributed by atoms with Crippen LogP contribution in [0.4, 0.5) is 0 Å². The summed E-state index contributed by atoms with van der Waals surface area (Å²) in [5, 5.41) is 6.34. The maximum Gasteiger partial charge on any atom is 0.0409 e. The topological polar surface area (TPSA) is 15.3 Å². The number of likely N-dealkylation sites (N-methyl/N-ethyl adjacent to an activating group) is 1. The van der Waals surface area contributed by atoms with Gasteiger partial charge in [0.15, 0.2) is 0 Å². The summed E-state index contributed by atoms with van der Waals surface area (Å²) in [6.45, 7) is 2.18. The van der Waals surface area contributed by atoms with Crippen molar-refractivity contribution in [2.24, 2.45) is 0 Å². The number of rotatable bonds is 8. The molecule has 0 aliphatic heterocycles. The lowest BCUT2D eigenvalue weighted by molar-refractivity contribution is 0.315. The second-order valence-corrected chi connectivity index (χ2v) is 6.79. The van der Waals surface area contributed by atoms with E-state index >= 15 is 0 Å². The number of nitrogens with one attached hydrogen (secondary N) is 1. The standard InChI is InChI=1S/C17H23ClN2S/c1-19-17(14-5-3-6-15(18)13-14)9-11-20(2)10-8-16-7-4-12-21-16/h3-7,12-13,17,19H,8-11H2,1-2H3. The van der Waals surface area contributed by atoms with Gasteiger partial charge in [0.25, 0.3) is 0 Å². The SMILES string of the molecule is CNC(CCN(C)CCc1cccs1)c1cccc(Cl)c1. The van der Waals surface area contributed by atoms with E-state index in [1.807, 2.05) is 36.6 Å². The molecular formula is C17H23ClN2S. The van der Waals surface area contributed by atoms with Crippen molar-refractivity contribution in [1.29, 1.82) is 0 Å². The monoisotopic (exact) mass is 322 g/mol. The fraction of sp³-hybridized carbons (Fsp3) is 0.412. The van der Waals surface area contributed by atoms with Gasteiger partial charge in [0.05, 0.1) is 0 Å². The summed E-state index contributed by atoms with van der Waals surface area (Å²) in [5.74, 6) is 0. The molecule has 4 heteroatoms. The number of hydrogen-bond acceptors (Lipinski definition) is 3. The van der Waals surface area contributed by atoms with Crippen LogP contribution in [-0.2, 0) is 6.42 Å². The third-order valence-electron chi connectivity index (χ3n) is 3.72. The van der Waals surface area contributed by atoms with Gasteiger partial charge in [-0.1, -0.05) is 29.8 Å². The molecule has 2 nitrogen and oxygen atoms in total. The van der Waals surface area contributed by atoms with Crippen LogP contribution in [0, 0.1) is 0 Å². The third kappa shape index (κ3) is 5.44. The zero-order valence-corrected chi connectivity index (χ0v) is 14.3. The zero-order valence-electron chi connectivity index (χ0n) is 12.7. The van der Waals surface area contributed by atoms with E-state index in [1.165, 1.54) is 10.4 Å². The lowest BCUT2D eigenvalue weighted by atomic mass is 10.0. The van der Waals surface area contributed by atoms with E-state index in [0.717, 1.165) is 31.0 Å². The van der Waals surface area contributed by atoms with E-state index in [0.29, 0.717) is 6.04 Å². The summed E-state index contributed by atoms with van der Waals surface area (Å²) < 4.78 is 0. The normalized spacial score (nSPS) is 12.8. The summed E-state index contributed by atoms with van der Waals surface area (Å²) >= 11 is 7.92. The molecule has 114 valence electrons. The Labute approximate surface area is 136 Å². The minimum atomic E-state index is 0.355. The van der Waals surface area contributed by atoms with Crippen molar-refractivity contribution >= 4 is 22.9 Å². The second-order valence-electron chi connectivity index (χ2n) is 5.32. The number of nitrogens with zero attached hydrogens (tertiary/aromatic N) is 1. The molecule has 2 rings (SSSR count). The van der Waals surface area contributed by atoms with Crippen LogP contribution < -0.4 is 5.32 Å². The van der Waals surface area contributed by atoms with Gasteiger partial charge in [0, 0.05) is 22.5 Å². The summed E-state index contributed by atoms with van der Waals surface area (Å²) in [7, 11) is 4.20. The van der Waals surface area contributed by atoms with Gasteiger partial charge in [-0.15, -0.1) is 11.3 Å². The first-order valence-electron chi connectivity index (χ1n) is 7.32. The lowest BCUT2D eigenvalue weighted by Crippen LogP contribution is -2.27. The molecule has 2 aromatic rings. The Balaban J connectivity index is 1.79. The maximum atomic E-state index is 6.08. The molecule has 0 saturated carbocycles. The van der Waals surface area contributed by atoms with E-state index in [-0.39, 0.29) is 0 Å². The molecule has 1 atom stereocenters. The van der Waals surface area contributed by atoms with Crippen LogP contribution in [0.1, 0.15) is 22.9 Å². The van der Waals surface area contributed by atoms with Crippen molar-refractivity contribution < 1.29 is 0 Å². The Hall–Kier alpha value is -0.870. The fourth-order valence-electron chi connectivity index (χ4n) is 2.42. The average molecular weight is 323 g/mol. The summed E-state index contributed by atoms with van der Waals surface area (Å²) in [5.41, 5.74) is 1.26. The van der Waals surface area contributed by atoms with E-state index < -0.39 is 0 Å². The first-order valence-corrected chi connectivity index (χ1v) is 8.58. The molecule has 0 spiro atoms. The highest BCUT2D eigenvalue weighted by molar-refractivity contribution is 7.09. The molecule has 1 N–H and O–H groups in total. The highest BCUT2D eigenvalue weighted by Crippen LogP contribution is 2.20. The van der Waals surface area contributed by atoms with Gasteiger partial charge in [-0.25, -0.2) is 0 Å². The molecule has 0 fully saturated rings. The average Bonchev–Trinajstić information content (AvgIpc) is 2.99. The molecule has 21 heavy (non-hydrogen) atoms. The summed E-state index contributed by atoms with van der Waals surface area (Å²) in [6, 6.07) is 12.8.